The fourth-order valence-electron chi connectivity index (χ4n) is 2.92. The van der Waals surface area contributed by atoms with E-state index in [0.29, 0.717) is 0 Å². The van der Waals surface area contributed by atoms with Gasteiger partial charge < -0.3 is 0 Å². The van der Waals surface area contributed by atoms with Crippen molar-refractivity contribution in [1.29, 1.82) is 0 Å². The maximum absolute atomic E-state index is 4.88. The second-order valence-corrected chi connectivity index (χ2v) is 6.27. The summed E-state index contributed by atoms with van der Waals surface area (Å²) in [6, 6.07) is 20.7. The van der Waals surface area contributed by atoms with Crippen molar-refractivity contribution in [3.05, 3.63) is 90.1 Å². The van der Waals surface area contributed by atoms with E-state index >= 15 is 0 Å². The molecule has 0 atom stereocenters. The van der Waals surface area contributed by atoms with Crippen LogP contribution in [0.1, 0.15) is 31.5 Å². The number of hydrogen-bond donors (Lipinski definition) is 0. The third kappa shape index (κ3) is 4.15. The first-order chi connectivity index (χ1) is 12.7. The summed E-state index contributed by atoms with van der Waals surface area (Å²) in [6.07, 6.45) is 7.33. The maximum atomic E-state index is 4.88. The number of allylic oxidation sites excluding steroid dienone is 4. The van der Waals surface area contributed by atoms with Crippen LogP contribution in [-0.2, 0) is 0 Å². The Bertz CT molecular complexity index is 937. The van der Waals surface area contributed by atoms with E-state index in [9.17, 15) is 0 Å². The molecule has 2 nitrogen and oxygen atoms in total. The van der Waals surface area contributed by atoms with Crippen LogP contribution in [0.15, 0.2) is 78.9 Å². The molecule has 0 aliphatic heterocycles. The lowest BCUT2D eigenvalue weighted by atomic mass is 10.1. The molecule has 0 fully saturated rings. The van der Waals surface area contributed by atoms with Gasteiger partial charge in [-0.2, -0.15) is 0 Å². The molecule has 26 heavy (non-hydrogen) atoms. The summed E-state index contributed by atoms with van der Waals surface area (Å²) >= 11 is 0. The molecule has 0 saturated carbocycles. The van der Waals surface area contributed by atoms with Crippen LogP contribution in [0.25, 0.3) is 28.2 Å². The first kappa shape index (κ1) is 17.8. The maximum Gasteiger partial charge on any atom is 0.160 e. The predicted octanol–water partition coefficient (Wildman–Crippen LogP) is 6.49. The molecule has 0 unspecified atom stereocenters. The number of aryl methyl sites for hydroxylation is 1. The lowest BCUT2D eigenvalue weighted by Gasteiger charge is -2.10. The summed E-state index contributed by atoms with van der Waals surface area (Å²) < 4.78 is 0. The van der Waals surface area contributed by atoms with Gasteiger partial charge in [-0.05, 0) is 38.0 Å². The minimum atomic E-state index is 0.761. The summed E-state index contributed by atoms with van der Waals surface area (Å²) in [5.74, 6) is 0.761. The highest BCUT2D eigenvalue weighted by Crippen LogP contribution is 2.26. The Balaban J connectivity index is 2.21. The molecular weight excluding hydrogens is 316 g/mol. The van der Waals surface area contributed by atoms with Crippen LogP contribution in [-0.4, -0.2) is 9.97 Å². The molecule has 0 N–H and O–H groups in total. The third-order valence-electron chi connectivity index (χ3n) is 4.14. The highest BCUT2D eigenvalue weighted by Gasteiger charge is 2.10. The van der Waals surface area contributed by atoms with E-state index in [0.717, 1.165) is 40.3 Å². The standard InChI is InChI=1S/C24H24N2/c1-4-10-19(11-5-2)22-17-23(20-13-7-6-8-14-20)26-24(25-22)21-15-9-12-18(3)16-21/h4,6-17H,5H2,1-3H3/b10-4-,19-11+. The Morgan fingerprint density at radius 1 is 0.923 bits per heavy atom. The summed E-state index contributed by atoms with van der Waals surface area (Å²) in [6.45, 7) is 6.27. The van der Waals surface area contributed by atoms with Crippen LogP contribution >= 0.6 is 0 Å². The summed E-state index contributed by atoms with van der Waals surface area (Å²) in [5.41, 5.74) is 6.37. The molecule has 1 aromatic heterocycles. The van der Waals surface area contributed by atoms with Crippen LogP contribution < -0.4 is 0 Å². The molecule has 130 valence electrons. The van der Waals surface area contributed by atoms with Gasteiger partial charge in [0.25, 0.3) is 0 Å². The number of nitrogens with zero attached hydrogens (tertiary/aromatic N) is 2. The quantitative estimate of drug-likeness (QED) is 0.496. The molecule has 0 amide bonds. The van der Waals surface area contributed by atoms with Crippen molar-refractivity contribution in [2.24, 2.45) is 0 Å². The van der Waals surface area contributed by atoms with Crippen molar-refractivity contribution in [3.8, 4) is 22.6 Å². The molecule has 0 aliphatic rings. The number of benzene rings is 2. The van der Waals surface area contributed by atoms with Gasteiger partial charge in [0.2, 0.25) is 0 Å². The van der Waals surface area contributed by atoms with Crippen LogP contribution in [0, 0.1) is 6.92 Å². The van der Waals surface area contributed by atoms with Crippen LogP contribution in [0.5, 0.6) is 0 Å². The molecule has 0 spiro atoms. The molecule has 0 saturated heterocycles. The summed E-state index contributed by atoms with van der Waals surface area (Å²) in [7, 11) is 0. The van der Waals surface area contributed by atoms with Gasteiger partial charge >= 0.3 is 0 Å². The van der Waals surface area contributed by atoms with E-state index in [1.54, 1.807) is 0 Å². The molecule has 2 heteroatoms. The monoisotopic (exact) mass is 340 g/mol. The van der Waals surface area contributed by atoms with Crippen LogP contribution in [0.4, 0.5) is 0 Å². The van der Waals surface area contributed by atoms with E-state index in [1.165, 1.54) is 5.56 Å². The average molecular weight is 340 g/mol. The van der Waals surface area contributed by atoms with E-state index in [4.69, 9.17) is 9.97 Å². The number of rotatable bonds is 5. The zero-order valence-electron chi connectivity index (χ0n) is 15.6. The molecule has 0 bridgehead atoms. The Morgan fingerprint density at radius 3 is 2.38 bits per heavy atom. The van der Waals surface area contributed by atoms with E-state index in [-0.39, 0.29) is 0 Å². The number of hydrogen-bond acceptors (Lipinski definition) is 2. The number of aromatic nitrogens is 2. The van der Waals surface area contributed by atoms with Gasteiger partial charge in [0.1, 0.15) is 0 Å². The Hall–Kier alpha value is -3.00. The molecule has 3 rings (SSSR count). The topological polar surface area (TPSA) is 25.8 Å². The van der Waals surface area contributed by atoms with Crippen LogP contribution in [0.3, 0.4) is 0 Å². The molecule has 3 aromatic rings. The molecule has 2 aromatic carbocycles. The normalized spacial score (nSPS) is 11.9. The van der Waals surface area contributed by atoms with Crippen LogP contribution in [0.2, 0.25) is 0 Å². The Labute approximate surface area is 156 Å². The molecule has 1 heterocycles. The summed E-state index contributed by atoms with van der Waals surface area (Å²) in [4.78, 5) is 9.73. The SMILES string of the molecule is C/C=C\C(=C/CC)c1cc(-c2ccccc2)nc(-c2cccc(C)c2)n1. The minimum Gasteiger partial charge on any atom is -0.228 e. The van der Waals surface area contributed by atoms with Gasteiger partial charge in [0.05, 0.1) is 11.4 Å². The smallest absolute Gasteiger partial charge is 0.160 e. The fraction of sp³-hybridized carbons (Fsp3) is 0.167. The first-order valence-corrected chi connectivity index (χ1v) is 9.06. The van der Waals surface area contributed by atoms with E-state index in [2.05, 4.69) is 74.5 Å². The lowest BCUT2D eigenvalue weighted by molar-refractivity contribution is 1.15. The predicted molar refractivity (Wildman–Crippen MR) is 111 cm³/mol. The van der Waals surface area contributed by atoms with Crippen molar-refractivity contribution in [3.63, 3.8) is 0 Å². The van der Waals surface area contributed by atoms with Gasteiger partial charge in [-0.25, -0.2) is 9.97 Å². The van der Waals surface area contributed by atoms with Gasteiger partial charge in [-0.1, -0.05) is 79.2 Å². The van der Waals surface area contributed by atoms with Crippen molar-refractivity contribution in [2.45, 2.75) is 27.2 Å². The minimum absolute atomic E-state index is 0.761. The fourth-order valence-corrected chi connectivity index (χ4v) is 2.92. The zero-order chi connectivity index (χ0) is 18.4. The highest BCUT2D eigenvalue weighted by molar-refractivity contribution is 5.76. The largest absolute Gasteiger partial charge is 0.228 e. The highest BCUT2D eigenvalue weighted by atomic mass is 14.9. The van der Waals surface area contributed by atoms with E-state index < -0.39 is 0 Å². The average Bonchev–Trinajstić information content (AvgIpc) is 2.68. The third-order valence-corrected chi connectivity index (χ3v) is 4.14. The first-order valence-electron chi connectivity index (χ1n) is 9.06. The van der Waals surface area contributed by atoms with Gasteiger partial charge in [-0.15, -0.1) is 0 Å². The second kappa shape index (κ2) is 8.39. The molecular formula is C24H24N2. The lowest BCUT2D eigenvalue weighted by Crippen LogP contribution is -1.98. The van der Waals surface area contributed by atoms with Crippen molar-refractivity contribution < 1.29 is 0 Å². The Morgan fingerprint density at radius 2 is 1.69 bits per heavy atom. The second-order valence-electron chi connectivity index (χ2n) is 6.27. The van der Waals surface area contributed by atoms with Crippen molar-refractivity contribution in [1.82, 2.24) is 9.97 Å². The van der Waals surface area contributed by atoms with Crippen molar-refractivity contribution >= 4 is 5.57 Å². The molecule has 0 radical (unpaired) electrons. The van der Waals surface area contributed by atoms with Gasteiger partial charge in [0.15, 0.2) is 5.82 Å². The van der Waals surface area contributed by atoms with Crippen molar-refractivity contribution in [2.75, 3.05) is 0 Å². The zero-order valence-corrected chi connectivity index (χ0v) is 15.6. The Kier molecular flexibility index (Phi) is 5.75. The van der Waals surface area contributed by atoms with Gasteiger partial charge in [0, 0.05) is 11.1 Å². The summed E-state index contributed by atoms with van der Waals surface area (Å²) in [5, 5.41) is 0. The molecule has 0 aliphatic carbocycles. The van der Waals surface area contributed by atoms with E-state index in [1.807, 2.05) is 25.1 Å². The van der Waals surface area contributed by atoms with Gasteiger partial charge in [-0.3, -0.25) is 0 Å².